The maximum Gasteiger partial charge on any atom is 0.318 e. The van der Waals surface area contributed by atoms with Crippen LogP contribution in [0.2, 0.25) is 0 Å². The quantitative estimate of drug-likeness (QED) is 0.871. The predicted molar refractivity (Wildman–Crippen MR) is 87.7 cm³/mol. The molecule has 0 radical (unpaired) electrons. The number of hydrogen-bond donors (Lipinski definition) is 0. The molecule has 0 spiro atoms. The van der Waals surface area contributed by atoms with Crippen molar-refractivity contribution in [2.75, 3.05) is 31.1 Å². The lowest BCUT2D eigenvalue weighted by Crippen LogP contribution is -2.48. The van der Waals surface area contributed by atoms with E-state index in [1.807, 2.05) is 34.1 Å². The highest BCUT2D eigenvalue weighted by Gasteiger charge is 2.24. The molecule has 1 aliphatic rings. The molecule has 0 atom stereocenters. The molecule has 1 amide bonds. The van der Waals surface area contributed by atoms with Gasteiger partial charge >= 0.3 is 6.01 Å². The summed E-state index contributed by atoms with van der Waals surface area (Å²) in [6.45, 7) is 8.80. The SMILES string of the molecule is Cc1nnc(N2CCN(C(=O)c3ccc(C(C)C)cc3)CC2)o1. The van der Waals surface area contributed by atoms with E-state index in [2.05, 4.69) is 24.0 Å². The summed E-state index contributed by atoms with van der Waals surface area (Å²) in [5.74, 6) is 1.12. The van der Waals surface area contributed by atoms with Crippen molar-refractivity contribution in [2.24, 2.45) is 0 Å². The minimum Gasteiger partial charge on any atom is -0.408 e. The Morgan fingerprint density at radius 1 is 1.09 bits per heavy atom. The van der Waals surface area contributed by atoms with E-state index in [9.17, 15) is 4.79 Å². The van der Waals surface area contributed by atoms with E-state index >= 15 is 0 Å². The third kappa shape index (κ3) is 3.36. The van der Waals surface area contributed by atoms with Gasteiger partial charge in [-0.05, 0) is 23.6 Å². The number of hydrogen-bond acceptors (Lipinski definition) is 5. The number of carbonyl (C=O) groups is 1. The number of aromatic nitrogens is 2. The van der Waals surface area contributed by atoms with E-state index in [0.29, 0.717) is 44.0 Å². The average molecular weight is 314 g/mol. The van der Waals surface area contributed by atoms with Crippen LogP contribution in [0.25, 0.3) is 0 Å². The van der Waals surface area contributed by atoms with Crippen LogP contribution in [0.1, 0.15) is 41.6 Å². The maximum absolute atomic E-state index is 12.6. The van der Waals surface area contributed by atoms with E-state index < -0.39 is 0 Å². The molecular weight excluding hydrogens is 292 g/mol. The highest BCUT2D eigenvalue weighted by Crippen LogP contribution is 2.18. The number of piperazine rings is 1. The fraction of sp³-hybridized carbons (Fsp3) is 0.471. The molecule has 0 bridgehead atoms. The number of benzene rings is 1. The summed E-state index contributed by atoms with van der Waals surface area (Å²) in [6.07, 6.45) is 0. The van der Waals surface area contributed by atoms with Crippen molar-refractivity contribution >= 4 is 11.9 Å². The molecule has 1 aromatic carbocycles. The van der Waals surface area contributed by atoms with Crippen LogP contribution in [-0.4, -0.2) is 47.2 Å². The Hall–Kier alpha value is -2.37. The van der Waals surface area contributed by atoms with Crippen molar-refractivity contribution in [3.8, 4) is 0 Å². The first-order valence-corrected chi connectivity index (χ1v) is 7.99. The number of amides is 1. The van der Waals surface area contributed by atoms with Crippen LogP contribution in [0.15, 0.2) is 28.7 Å². The monoisotopic (exact) mass is 314 g/mol. The van der Waals surface area contributed by atoms with Crippen LogP contribution in [-0.2, 0) is 0 Å². The third-order valence-corrected chi connectivity index (χ3v) is 4.18. The summed E-state index contributed by atoms with van der Waals surface area (Å²) < 4.78 is 5.44. The fourth-order valence-electron chi connectivity index (χ4n) is 2.71. The minimum atomic E-state index is 0.0849. The molecule has 1 aliphatic heterocycles. The summed E-state index contributed by atoms with van der Waals surface area (Å²) in [4.78, 5) is 16.5. The van der Waals surface area contributed by atoms with Crippen molar-refractivity contribution < 1.29 is 9.21 Å². The number of carbonyl (C=O) groups excluding carboxylic acids is 1. The van der Waals surface area contributed by atoms with Crippen LogP contribution in [0.3, 0.4) is 0 Å². The first-order valence-electron chi connectivity index (χ1n) is 7.99. The van der Waals surface area contributed by atoms with Gasteiger partial charge in [0.15, 0.2) is 0 Å². The summed E-state index contributed by atoms with van der Waals surface area (Å²) in [5.41, 5.74) is 2.00. The van der Waals surface area contributed by atoms with E-state index in [0.717, 1.165) is 5.56 Å². The number of anilines is 1. The number of rotatable bonds is 3. The zero-order valence-corrected chi connectivity index (χ0v) is 13.8. The van der Waals surface area contributed by atoms with Crippen molar-refractivity contribution in [3.63, 3.8) is 0 Å². The molecule has 6 heteroatoms. The highest BCUT2D eigenvalue weighted by atomic mass is 16.4. The van der Waals surface area contributed by atoms with Gasteiger partial charge in [-0.2, -0.15) is 0 Å². The molecule has 23 heavy (non-hydrogen) atoms. The Bertz CT molecular complexity index is 670. The van der Waals surface area contributed by atoms with Gasteiger partial charge in [-0.15, -0.1) is 5.10 Å². The third-order valence-electron chi connectivity index (χ3n) is 4.18. The van der Waals surface area contributed by atoms with Gasteiger partial charge in [0.2, 0.25) is 5.89 Å². The van der Waals surface area contributed by atoms with Gasteiger partial charge in [-0.25, -0.2) is 0 Å². The van der Waals surface area contributed by atoms with Gasteiger partial charge in [0, 0.05) is 38.7 Å². The Labute approximate surface area is 136 Å². The maximum atomic E-state index is 12.6. The van der Waals surface area contributed by atoms with Gasteiger partial charge < -0.3 is 14.2 Å². The van der Waals surface area contributed by atoms with Crippen molar-refractivity contribution in [2.45, 2.75) is 26.7 Å². The molecule has 0 aliphatic carbocycles. The molecule has 122 valence electrons. The second-order valence-electron chi connectivity index (χ2n) is 6.16. The molecular formula is C17H22N4O2. The van der Waals surface area contributed by atoms with Crippen LogP contribution in [0.5, 0.6) is 0 Å². The molecule has 1 aromatic heterocycles. The van der Waals surface area contributed by atoms with Gasteiger partial charge in [-0.3, -0.25) is 4.79 Å². The smallest absolute Gasteiger partial charge is 0.318 e. The number of nitrogens with zero attached hydrogens (tertiary/aromatic N) is 4. The predicted octanol–water partition coefficient (Wildman–Crippen LogP) is 2.46. The molecule has 1 fully saturated rings. The Morgan fingerprint density at radius 2 is 1.74 bits per heavy atom. The Morgan fingerprint density at radius 3 is 2.26 bits per heavy atom. The molecule has 6 nitrogen and oxygen atoms in total. The van der Waals surface area contributed by atoms with Gasteiger partial charge in [-0.1, -0.05) is 31.1 Å². The zero-order valence-electron chi connectivity index (χ0n) is 13.8. The lowest BCUT2D eigenvalue weighted by molar-refractivity contribution is 0.0745. The minimum absolute atomic E-state index is 0.0849. The highest BCUT2D eigenvalue weighted by molar-refractivity contribution is 5.94. The molecule has 0 saturated carbocycles. The fourth-order valence-corrected chi connectivity index (χ4v) is 2.71. The summed E-state index contributed by atoms with van der Waals surface area (Å²) in [6, 6.07) is 8.46. The van der Waals surface area contributed by atoms with Crippen LogP contribution >= 0.6 is 0 Å². The van der Waals surface area contributed by atoms with E-state index in [1.54, 1.807) is 6.92 Å². The topological polar surface area (TPSA) is 62.5 Å². The van der Waals surface area contributed by atoms with E-state index in [1.165, 1.54) is 5.56 Å². The summed E-state index contributed by atoms with van der Waals surface area (Å²) >= 11 is 0. The van der Waals surface area contributed by atoms with Crippen molar-refractivity contribution in [3.05, 3.63) is 41.3 Å². The molecule has 3 rings (SSSR count). The van der Waals surface area contributed by atoms with Gasteiger partial charge in [0.05, 0.1) is 0 Å². The van der Waals surface area contributed by atoms with Crippen molar-refractivity contribution in [1.82, 2.24) is 15.1 Å². The van der Waals surface area contributed by atoms with Crippen molar-refractivity contribution in [1.29, 1.82) is 0 Å². The lowest BCUT2D eigenvalue weighted by Gasteiger charge is -2.33. The van der Waals surface area contributed by atoms with Gasteiger partial charge in [0.1, 0.15) is 0 Å². The first-order chi connectivity index (χ1) is 11.0. The summed E-state index contributed by atoms with van der Waals surface area (Å²) in [7, 11) is 0. The number of aryl methyl sites for hydroxylation is 1. The Kier molecular flexibility index (Phi) is 4.32. The largest absolute Gasteiger partial charge is 0.408 e. The Balaban J connectivity index is 1.61. The first kappa shape index (κ1) is 15.5. The molecule has 0 unspecified atom stereocenters. The second-order valence-corrected chi connectivity index (χ2v) is 6.16. The van der Waals surface area contributed by atoms with Crippen LogP contribution in [0.4, 0.5) is 6.01 Å². The lowest BCUT2D eigenvalue weighted by atomic mass is 10.0. The average Bonchev–Trinajstić information content (AvgIpc) is 3.01. The zero-order chi connectivity index (χ0) is 16.4. The van der Waals surface area contributed by atoms with Gasteiger partial charge in [0.25, 0.3) is 5.91 Å². The molecule has 0 N–H and O–H groups in total. The standard InChI is InChI=1S/C17H22N4O2/c1-12(2)14-4-6-15(7-5-14)16(22)20-8-10-21(11-9-20)17-19-18-13(3)23-17/h4-7,12H,8-11H2,1-3H3. The molecule has 1 saturated heterocycles. The molecule has 2 heterocycles. The van der Waals surface area contributed by atoms with Crippen LogP contribution in [0, 0.1) is 6.92 Å². The summed E-state index contributed by atoms with van der Waals surface area (Å²) in [5, 5.41) is 7.88. The van der Waals surface area contributed by atoms with Crippen LogP contribution < -0.4 is 4.90 Å². The normalized spacial score (nSPS) is 15.3. The van der Waals surface area contributed by atoms with E-state index in [4.69, 9.17) is 4.42 Å². The van der Waals surface area contributed by atoms with E-state index in [-0.39, 0.29) is 5.91 Å². The second kappa shape index (κ2) is 6.40. The molecule has 2 aromatic rings.